The maximum Gasteiger partial charge on any atom is 0.325 e. The number of nitro groups is 1. The Morgan fingerprint density at radius 2 is 2.15 bits per heavy atom. The number of nitrogens with zero attached hydrogens (tertiary/aromatic N) is 2. The maximum absolute atomic E-state index is 12.9. The number of anilines is 1. The van der Waals surface area contributed by atoms with Crippen LogP contribution in [0, 0.1) is 10.1 Å². The molecule has 2 aromatic carbocycles. The minimum atomic E-state index is -0.941. The van der Waals surface area contributed by atoms with Gasteiger partial charge in [-0.2, -0.15) is 0 Å². The van der Waals surface area contributed by atoms with E-state index in [1.54, 1.807) is 11.0 Å². The minimum Gasteiger partial charge on any atom is -0.492 e. The van der Waals surface area contributed by atoms with Crippen molar-refractivity contribution in [2.24, 2.45) is 0 Å². The first-order chi connectivity index (χ1) is 12.9. The number of amides is 2. The summed E-state index contributed by atoms with van der Waals surface area (Å²) in [7, 11) is 0. The molecule has 2 aliphatic heterocycles. The largest absolute Gasteiger partial charge is 0.492 e. The van der Waals surface area contributed by atoms with Gasteiger partial charge in [0, 0.05) is 24.1 Å². The highest BCUT2D eigenvalue weighted by Gasteiger charge is 2.50. The smallest absolute Gasteiger partial charge is 0.325 e. The van der Waals surface area contributed by atoms with Crippen molar-refractivity contribution < 1.29 is 19.2 Å². The summed E-state index contributed by atoms with van der Waals surface area (Å²) in [5, 5.41) is 14.0. The van der Waals surface area contributed by atoms with Gasteiger partial charge in [0.2, 0.25) is 0 Å². The standard InChI is InChI=1S/C19H19N3O5/c1-3-26-17-7-5-4-6-15(17)21-18(23)20-14-11-19(21,2)27-16-9-8-12(22(24)25)10-13(14)16/h4-10,14H,3,11H2,1-2H3,(H,20,23). The van der Waals surface area contributed by atoms with Crippen LogP contribution in [0.25, 0.3) is 0 Å². The molecule has 8 nitrogen and oxygen atoms in total. The van der Waals surface area contributed by atoms with Crippen molar-refractivity contribution in [2.75, 3.05) is 11.5 Å². The maximum atomic E-state index is 12.9. The van der Waals surface area contributed by atoms with E-state index < -0.39 is 10.6 Å². The van der Waals surface area contributed by atoms with Crippen LogP contribution in [0.2, 0.25) is 0 Å². The first-order valence-electron chi connectivity index (χ1n) is 8.73. The van der Waals surface area contributed by atoms with Crippen molar-refractivity contribution >= 4 is 17.4 Å². The Balaban J connectivity index is 1.78. The van der Waals surface area contributed by atoms with Crippen LogP contribution in [0.15, 0.2) is 42.5 Å². The molecule has 0 spiro atoms. The third-order valence-corrected chi connectivity index (χ3v) is 4.87. The quantitative estimate of drug-likeness (QED) is 0.654. The summed E-state index contributed by atoms with van der Waals surface area (Å²) in [6.45, 7) is 4.19. The Labute approximate surface area is 155 Å². The average Bonchev–Trinajstić information content (AvgIpc) is 2.62. The van der Waals surface area contributed by atoms with Gasteiger partial charge < -0.3 is 14.8 Å². The van der Waals surface area contributed by atoms with Crippen LogP contribution in [0.1, 0.15) is 31.9 Å². The first-order valence-corrected chi connectivity index (χ1v) is 8.73. The molecule has 0 aliphatic carbocycles. The van der Waals surface area contributed by atoms with Gasteiger partial charge in [0.25, 0.3) is 5.69 Å². The number of nitro benzene ring substituents is 1. The SMILES string of the molecule is CCOc1ccccc1N1C(=O)NC2CC1(C)Oc1ccc([N+](=O)[O-])cc12. The molecule has 2 atom stereocenters. The number of hydrogen-bond acceptors (Lipinski definition) is 5. The number of para-hydroxylation sites is 2. The Bertz CT molecular complexity index is 931. The highest BCUT2D eigenvalue weighted by molar-refractivity contribution is 5.96. The summed E-state index contributed by atoms with van der Waals surface area (Å²) < 4.78 is 11.9. The fourth-order valence-electron chi connectivity index (χ4n) is 3.76. The fraction of sp³-hybridized carbons (Fsp3) is 0.316. The lowest BCUT2D eigenvalue weighted by Gasteiger charge is -2.50. The van der Waals surface area contributed by atoms with Gasteiger partial charge in [-0.1, -0.05) is 12.1 Å². The van der Waals surface area contributed by atoms with Gasteiger partial charge in [0.1, 0.15) is 11.5 Å². The predicted molar refractivity (Wildman–Crippen MR) is 98.1 cm³/mol. The number of hydrogen-bond donors (Lipinski definition) is 1. The normalized spacial score (nSPS) is 23.1. The molecule has 4 rings (SSSR count). The fourth-order valence-corrected chi connectivity index (χ4v) is 3.76. The molecule has 0 saturated carbocycles. The van der Waals surface area contributed by atoms with Crippen LogP contribution < -0.4 is 19.7 Å². The van der Waals surface area contributed by atoms with Crippen molar-refractivity contribution in [1.29, 1.82) is 0 Å². The van der Waals surface area contributed by atoms with E-state index in [9.17, 15) is 14.9 Å². The van der Waals surface area contributed by atoms with Crippen LogP contribution in [-0.4, -0.2) is 23.3 Å². The second kappa shape index (κ2) is 6.15. The molecule has 0 aromatic heterocycles. The summed E-state index contributed by atoms with van der Waals surface area (Å²) in [5.74, 6) is 1.12. The monoisotopic (exact) mass is 369 g/mol. The molecule has 1 N–H and O–H groups in total. The number of urea groups is 1. The number of nitrogens with one attached hydrogen (secondary N) is 1. The van der Waals surface area contributed by atoms with E-state index >= 15 is 0 Å². The number of benzene rings is 2. The van der Waals surface area contributed by atoms with Gasteiger partial charge >= 0.3 is 6.03 Å². The van der Waals surface area contributed by atoms with Crippen molar-refractivity contribution in [3.05, 3.63) is 58.1 Å². The summed E-state index contributed by atoms with van der Waals surface area (Å²) >= 11 is 0. The Kier molecular flexibility index (Phi) is 3.91. The van der Waals surface area contributed by atoms with Gasteiger partial charge in [-0.3, -0.25) is 15.0 Å². The molecule has 2 aliphatic rings. The van der Waals surface area contributed by atoms with E-state index in [-0.39, 0.29) is 17.8 Å². The van der Waals surface area contributed by atoms with Crippen LogP contribution in [0.4, 0.5) is 16.2 Å². The molecular weight excluding hydrogens is 350 g/mol. The first kappa shape index (κ1) is 17.1. The van der Waals surface area contributed by atoms with Crippen molar-refractivity contribution in [1.82, 2.24) is 5.32 Å². The van der Waals surface area contributed by atoms with Crippen LogP contribution in [0.3, 0.4) is 0 Å². The molecule has 2 heterocycles. The lowest BCUT2D eigenvalue weighted by Crippen LogP contribution is -2.65. The molecule has 27 heavy (non-hydrogen) atoms. The highest BCUT2D eigenvalue weighted by atomic mass is 16.6. The van der Waals surface area contributed by atoms with Gasteiger partial charge in [0.15, 0.2) is 5.72 Å². The van der Waals surface area contributed by atoms with E-state index in [1.165, 1.54) is 12.1 Å². The van der Waals surface area contributed by atoms with E-state index in [1.807, 2.05) is 38.1 Å². The van der Waals surface area contributed by atoms with Crippen molar-refractivity contribution in [3.63, 3.8) is 0 Å². The number of non-ortho nitro benzene ring substituents is 1. The average molecular weight is 369 g/mol. The minimum absolute atomic E-state index is 0.0284. The lowest BCUT2D eigenvalue weighted by atomic mass is 9.90. The number of ether oxygens (including phenoxy) is 2. The summed E-state index contributed by atoms with van der Waals surface area (Å²) in [5.41, 5.74) is 0.263. The zero-order chi connectivity index (χ0) is 19.2. The number of fused-ring (bicyclic) bond motifs is 4. The second-order valence-electron chi connectivity index (χ2n) is 6.70. The molecule has 0 radical (unpaired) electrons. The topological polar surface area (TPSA) is 93.9 Å². The zero-order valence-corrected chi connectivity index (χ0v) is 15.0. The molecule has 1 fully saturated rings. The van der Waals surface area contributed by atoms with Gasteiger partial charge in [-0.05, 0) is 32.0 Å². The third-order valence-electron chi connectivity index (χ3n) is 4.87. The molecule has 140 valence electrons. The Hall–Kier alpha value is -3.29. The van der Waals surface area contributed by atoms with E-state index in [4.69, 9.17) is 9.47 Å². The van der Waals surface area contributed by atoms with Crippen molar-refractivity contribution in [2.45, 2.75) is 32.0 Å². The van der Waals surface area contributed by atoms with Crippen LogP contribution in [0.5, 0.6) is 11.5 Å². The van der Waals surface area contributed by atoms with Crippen LogP contribution in [-0.2, 0) is 0 Å². The van der Waals surface area contributed by atoms with Gasteiger partial charge in [-0.15, -0.1) is 0 Å². The number of rotatable bonds is 4. The molecular formula is C19H19N3O5. The second-order valence-corrected chi connectivity index (χ2v) is 6.70. The highest BCUT2D eigenvalue weighted by Crippen LogP contribution is 2.47. The van der Waals surface area contributed by atoms with Crippen LogP contribution >= 0.6 is 0 Å². The predicted octanol–water partition coefficient (Wildman–Crippen LogP) is 3.76. The molecule has 1 saturated heterocycles. The number of carbonyl (C=O) groups excluding carboxylic acids is 1. The molecule has 2 aromatic rings. The molecule has 2 bridgehead atoms. The van der Waals surface area contributed by atoms with Gasteiger partial charge in [0.05, 0.1) is 23.3 Å². The summed E-state index contributed by atoms with van der Waals surface area (Å²) in [6.07, 6.45) is 0.452. The van der Waals surface area contributed by atoms with E-state index in [0.29, 0.717) is 35.8 Å². The summed E-state index contributed by atoms with van der Waals surface area (Å²) in [6, 6.07) is 11.1. The van der Waals surface area contributed by atoms with Crippen molar-refractivity contribution in [3.8, 4) is 11.5 Å². The zero-order valence-electron chi connectivity index (χ0n) is 15.0. The van der Waals surface area contributed by atoms with E-state index in [0.717, 1.165) is 0 Å². The Morgan fingerprint density at radius 3 is 2.89 bits per heavy atom. The molecule has 8 heteroatoms. The number of carbonyl (C=O) groups is 1. The van der Waals surface area contributed by atoms with Gasteiger partial charge in [-0.25, -0.2) is 4.79 Å². The van der Waals surface area contributed by atoms with E-state index in [2.05, 4.69) is 5.32 Å². The lowest BCUT2D eigenvalue weighted by molar-refractivity contribution is -0.385. The third kappa shape index (κ3) is 2.73. The Morgan fingerprint density at radius 1 is 1.37 bits per heavy atom. The molecule has 2 amide bonds. The summed E-state index contributed by atoms with van der Waals surface area (Å²) in [4.78, 5) is 25.1. The molecule has 2 unspecified atom stereocenters.